The standard InChI is InChI=1S/C23H19FN4O/c24-21-9-5-18(6-10-21)16-28-13-11-22(27-28)26-23(29)14-17-3-7-19(8-4-17)20-2-1-12-25-15-20/h1-13,15H,14,16H2,(H,26,27,29). The normalized spacial score (nSPS) is 10.7. The van der Waals surface area contributed by atoms with Crippen LogP contribution in [0.4, 0.5) is 10.2 Å². The fraction of sp³-hybridized carbons (Fsp3) is 0.0870. The number of carbonyl (C=O) groups excluding carboxylic acids is 1. The minimum Gasteiger partial charge on any atom is -0.309 e. The van der Waals surface area contributed by atoms with Crippen LogP contribution < -0.4 is 5.32 Å². The van der Waals surface area contributed by atoms with Crippen LogP contribution in [-0.4, -0.2) is 20.7 Å². The van der Waals surface area contributed by atoms with Gasteiger partial charge in [0.15, 0.2) is 5.82 Å². The molecule has 0 saturated carbocycles. The quantitative estimate of drug-likeness (QED) is 0.537. The van der Waals surface area contributed by atoms with E-state index in [0.29, 0.717) is 12.4 Å². The highest BCUT2D eigenvalue weighted by molar-refractivity contribution is 5.91. The first-order valence-corrected chi connectivity index (χ1v) is 9.23. The van der Waals surface area contributed by atoms with Gasteiger partial charge in [0.1, 0.15) is 5.82 Å². The van der Waals surface area contributed by atoms with E-state index in [1.54, 1.807) is 35.3 Å². The number of aromatic nitrogens is 3. The van der Waals surface area contributed by atoms with Gasteiger partial charge in [-0.2, -0.15) is 5.10 Å². The number of nitrogens with zero attached hydrogens (tertiary/aromatic N) is 3. The van der Waals surface area contributed by atoms with Crippen LogP contribution in [0.5, 0.6) is 0 Å². The minimum absolute atomic E-state index is 0.133. The Balaban J connectivity index is 1.34. The third-order valence-corrected chi connectivity index (χ3v) is 4.48. The lowest BCUT2D eigenvalue weighted by Gasteiger charge is -2.05. The Morgan fingerprint density at radius 2 is 1.69 bits per heavy atom. The molecule has 0 fully saturated rings. The highest BCUT2D eigenvalue weighted by atomic mass is 19.1. The first-order chi connectivity index (χ1) is 14.2. The molecule has 29 heavy (non-hydrogen) atoms. The highest BCUT2D eigenvalue weighted by Gasteiger charge is 2.07. The molecule has 5 nitrogen and oxygen atoms in total. The van der Waals surface area contributed by atoms with Gasteiger partial charge in [0, 0.05) is 24.7 Å². The smallest absolute Gasteiger partial charge is 0.229 e. The summed E-state index contributed by atoms with van der Waals surface area (Å²) in [5.74, 6) is 0.0888. The van der Waals surface area contributed by atoms with Gasteiger partial charge in [-0.25, -0.2) is 4.39 Å². The van der Waals surface area contributed by atoms with Crippen molar-refractivity contribution in [1.29, 1.82) is 0 Å². The van der Waals surface area contributed by atoms with E-state index in [1.165, 1.54) is 12.1 Å². The molecule has 0 atom stereocenters. The summed E-state index contributed by atoms with van der Waals surface area (Å²) < 4.78 is 14.7. The van der Waals surface area contributed by atoms with E-state index in [4.69, 9.17) is 0 Å². The summed E-state index contributed by atoms with van der Waals surface area (Å²) in [6.07, 6.45) is 5.59. The molecule has 4 aromatic rings. The topological polar surface area (TPSA) is 59.8 Å². The lowest BCUT2D eigenvalue weighted by atomic mass is 10.0. The third kappa shape index (κ3) is 4.93. The Labute approximate surface area is 167 Å². The zero-order chi connectivity index (χ0) is 20.1. The van der Waals surface area contributed by atoms with Crippen LogP contribution in [0.15, 0.2) is 85.3 Å². The number of halogens is 1. The summed E-state index contributed by atoms with van der Waals surface area (Å²) in [5.41, 5.74) is 3.94. The lowest BCUT2D eigenvalue weighted by Crippen LogP contribution is -2.15. The molecule has 2 heterocycles. The maximum absolute atomic E-state index is 13.0. The zero-order valence-corrected chi connectivity index (χ0v) is 15.6. The van der Waals surface area contributed by atoms with E-state index in [0.717, 1.165) is 22.3 Å². The Hall–Kier alpha value is -3.80. The van der Waals surface area contributed by atoms with Crippen molar-refractivity contribution in [3.8, 4) is 11.1 Å². The molecule has 6 heteroatoms. The van der Waals surface area contributed by atoms with Gasteiger partial charge in [0.2, 0.25) is 5.91 Å². The third-order valence-electron chi connectivity index (χ3n) is 4.48. The number of pyridine rings is 1. The summed E-state index contributed by atoms with van der Waals surface area (Å²) in [5, 5.41) is 7.16. The van der Waals surface area contributed by atoms with E-state index in [-0.39, 0.29) is 18.1 Å². The van der Waals surface area contributed by atoms with Crippen LogP contribution in [-0.2, 0) is 17.8 Å². The molecular formula is C23H19FN4O. The van der Waals surface area contributed by atoms with Crippen molar-refractivity contribution in [2.75, 3.05) is 5.32 Å². The van der Waals surface area contributed by atoms with E-state index in [9.17, 15) is 9.18 Å². The molecule has 2 aromatic carbocycles. The molecule has 0 aliphatic heterocycles. The maximum atomic E-state index is 13.0. The second-order valence-electron chi connectivity index (χ2n) is 6.69. The van der Waals surface area contributed by atoms with Crippen LogP contribution in [0.3, 0.4) is 0 Å². The predicted molar refractivity (Wildman–Crippen MR) is 110 cm³/mol. The van der Waals surface area contributed by atoms with Crippen LogP contribution in [0, 0.1) is 5.82 Å². The number of rotatable bonds is 6. The Morgan fingerprint density at radius 1 is 0.931 bits per heavy atom. The van der Waals surface area contributed by atoms with Crippen molar-refractivity contribution < 1.29 is 9.18 Å². The Morgan fingerprint density at radius 3 is 2.41 bits per heavy atom. The van der Waals surface area contributed by atoms with E-state index >= 15 is 0 Å². The molecule has 1 N–H and O–H groups in total. The second-order valence-corrected chi connectivity index (χ2v) is 6.69. The van der Waals surface area contributed by atoms with Gasteiger partial charge < -0.3 is 5.32 Å². The SMILES string of the molecule is O=C(Cc1ccc(-c2cccnc2)cc1)Nc1ccn(Cc2ccc(F)cc2)n1. The molecular weight excluding hydrogens is 367 g/mol. The summed E-state index contributed by atoms with van der Waals surface area (Å²) in [7, 11) is 0. The second kappa shape index (κ2) is 8.48. The molecule has 0 aliphatic rings. The number of hydrogen-bond acceptors (Lipinski definition) is 3. The summed E-state index contributed by atoms with van der Waals surface area (Å²) in [6.45, 7) is 0.506. The molecule has 0 saturated heterocycles. The molecule has 1 amide bonds. The first kappa shape index (κ1) is 18.6. The maximum Gasteiger partial charge on any atom is 0.229 e. The van der Waals surface area contributed by atoms with Gasteiger partial charge in [-0.05, 0) is 40.5 Å². The number of benzene rings is 2. The summed E-state index contributed by atoms with van der Waals surface area (Å²) >= 11 is 0. The molecule has 0 bridgehead atoms. The fourth-order valence-corrected chi connectivity index (χ4v) is 3.01. The van der Waals surface area contributed by atoms with Crippen molar-refractivity contribution in [3.63, 3.8) is 0 Å². The van der Waals surface area contributed by atoms with Gasteiger partial charge in [0.25, 0.3) is 0 Å². The monoisotopic (exact) mass is 386 g/mol. The van der Waals surface area contributed by atoms with Crippen molar-refractivity contribution in [1.82, 2.24) is 14.8 Å². The number of anilines is 1. The van der Waals surface area contributed by atoms with E-state index in [2.05, 4.69) is 15.4 Å². The molecule has 144 valence electrons. The first-order valence-electron chi connectivity index (χ1n) is 9.23. The molecule has 0 spiro atoms. The summed E-state index contributed by atoms with van der Waals surface area (Å²) in [4.78, 5) is 16.5. The van der Waals surface area contributed by atoms with E-state index < -0.39 is 0 Å². The number of carbonyl (C=O) groups is 1. The van der Waals surface area contributed by atoms with Gasteiger partial charge in [0.05, 0.1) is 13.0 Å². The highest BCUT2D eigenvalue weighted by Crippen LogP contribution is 2.18. The molecule has 0 aliphatic carbocycles. The zero-order valence-electron chi connectivity index (χ0n) is 15.6. The van der Waals surface area contributed by atoms with Crippen LogP contribution >= 0.6 is 0 Å². The van der Waals surface area contributed by atoms with Gasteiger partial charge >= 0.3 is 0 Å². The fourth-order valence-electron chi connectivity index (χ4n) is 3.01. The Kier molecular flexibility index (Phi) is 5.42. The van der Waals surface area contributed by atoms with Gasteiger partial charge in [-0.3, -0.25) is 14.5 Å². The minimum atomic E-state index is -0.268. The van der Waals surface area contributed by atoms with Crippen LogP contribution in [0.1, 0.15) is 11.1 Å². The van der Waals surface area contributed by atoms with Crippen molar-refractivity contribution >= 4 is 11.7 Å². The molecule has 2 aromatic heterocycles. The summed E-state index contributed by atoms with van der Waals surface area (Å²) in [6, 6.07) is 19.7. The predicted octanol–water partition coefficient (Wildman–Crippen LogP) is 4.31. The molecule has 0 unspecified atom stereocenters. The number of amides is 1. The van der Waals surface area contributed by atoms with Crippen molar-refractivity contribution in [3.05, 3.63) is 102 Å². The van der Waals surface area contributed by atoms with Crippen LogP contribution in [0.25, 0.3) is 11.1 Å². The van der Waals surface area contributed by atoms with Gasteiger partial charge in [-0.1, -0.05) is 42.5 Å². The molecule has 0 radical (unpaired) electrons. The van der Waals surface area contributed by atoms with Crippen molar-refractivity contribution in [2.45, 2.75) is 13.0 Å². The molecule has 4 rings (SSSR count). The average Bonchev–Trinajstić information content (AvgIpc) is 3.17. The van der Waals surface area contributed by atoms with Gasteiger partial charge in [-0.15, -0.1) is 0 Å². The average molecular weight is 386 g/mol. The number of nitrogens with one attached hydrogen (secondary N) is 1. The van der Waals surface area contributed by atoms with E-state index in [1.807, 2.05) is 42.6 Å². The van der Waals surface area contributed by atoms with Crippen molar-refractivity contribution in [2.24, 2.45) is 0 Å². The number of hydrogen-bond donors (Lipinski definition) is 1. The largest absolute Gasteiger partial charge is 0.309 e. The van der Waals surface area contributed by atoms with Crippen LogP contribution in [0.2, 0.25) is 0 Å². The lowest BCUT2D eigenvalue weighted by molar-refractivity contribution is -0.115. The Bertz CT molecular complexity index is 1090.